The molecular weight excluding hydrogens is 220 g/mol. The normalized spacial score (nSPS) is 36.7. The van der Waals surface area contributed by atoms with Crippen molar-refractivity contribution in [3.8, 4) is 0 Å². The summed E-state index contributed by atoms with van der Waals surface area (Å²) in [6.07, 6.45) is 16.4. The van der Waals surface area contributed by atoms with Crippen LogP contribution in [-0.2, 0) is 0 Å². The first-order chi connectivity index (χ1) is 8.85. The van der Waals surface area contributed by atoms with E-state index in [4.69, 9.17) is 5.84 Å². The maximum Gasteiger partial charge on any atom is 0.0250 e. The Morgan fingerprint density at radius 3 is 2.83 bits per heavy atom. The number of hydrogen-bond acceptors (Lipinski definition) is 2. The number of nitrogens with two attached hydrogens (primary N) is 1. The molecule has 3 aliphatic carbocycles. The molecule has 2 fully saturated rings. The van der Waals surface area contributed by atoms with Crippen molar-refractivity contribution in [3.63, 3.8) is 0 Å². The first kappa shape index (κ1) is 12.7. The first-order valence-corrected chi connectivity index (χ1v) is 7.99. The van der Waals surface area contributed by atoms with E-state index >= 15 is 0 Å². The molecule has 18 heavy (non-hydrogen) atoms. The summed E-state index contributed by atoms with van der Waals surface area (Å²) < 4.78 is 0. The number of nitrogens with one attached hydrogen (secondary N) is 1. The third kappa shape index (κ3) is 2.80. The highest BCUT2D eigenvalue weighted by Gasteiger charge is 2.39. The van der Waals surface area contributed by atoms with Crippen molar-refractivity contribution >= 4 is 0 Å². The Morgan fingerprint density at radius 2 is 2.22 bits per heavy atom. The fourth-order valence-electron chi connectivity index (χ4n) is 4.65. The monoisotopic (exact) mass is 248 g/mol. The number of rotatable bonds is 5. The summed E-state index contributed by atoms with van der Waals surface area (Å²) in [6, 6.07) is 0.527. The van der Waals surface area contributed by atoms with Gasteiger partial charge in [-0.2, -0.15) is 0 Å². The van der Waals surface area contributed by atoms with Gasteiger partial charge in [-0.25, -0.2) is 0 Å². The van der Waals surface area contributed by atoms with Gasteiger partial charge in [0.05, 0.1) is 0 Å². The number of hydrazine groups is 1. The van der Waals surface area contributed by atoms with Crippen LogP contribution in [0.25, 0.3) is 0 Å². The quantitative estimate of drug-likeness (QED) is 0.444. The van der Waals surface area contributed by atoms with Crippen LogP contribution in [0, 0.1) is 17.8 Å². The topological polar surface area (TPSA) is 38.0 Å². The number of hydrogen-bond donors (Lipinski definition) is 2. The summed E-state index contributed by atoms with van der Waals surface area (Å²) in [7, 11) is 0. The average molecular weight is 248 g/mol. The molecule has 0 saturated heterocycles. The molecular formula is C16H28N2. The molecule has 2 heteroatoms. The largest absolute Gasteiger partial charge is 0.271 e. The molecule has 0 aromatic carbocycles. The van der Waals surface area contributed by atoms with E-state index in [1.165, 1.54) is 64.2 Å². The zero-order chi connectivity index (χ0) is 12.4. The van der Waals surface area contributed by atoms with Crippen LogP contribution in [-0.4, -0.2) is 6.04 Å². The van der Waals surface area contributed by atoms with Crippen LogP contribution < -0.4 is 11.3 Å². The second kappa shape index (κ2) is 5.75. The van der Waals surface area contributed by atoms with Crippen molar-refractivity contribution in [2.24, 2.45) is 23.6 Å². The SMILES string of the molecule is NNC(CC1=CCCCC1)CC1CC2CCC1C2. The zero-order valence-electron chi connectivity index (χ0n) is 11.5. The maximum absolute atomic E-state index is 5.79. The summed E-state index contributed by atoms with van der Waals surface area (Å²) in [4.78, 5) is 0. The van der Waals surface area contributed by atoms with Gasteiger partial charge in [-0.15, -0.1) is 0 Å². The van der Waals surface area contributed by atoms with Crippen molar-refractivity contribution in [2.45, 2.75) is 70.3 Å². The molecule has 0 spiro atoms. The molecule has 3 rings (SSSR count). The molecule has 2 bridgehead atoms. The van der Waals surface area contributed by atoms with Gasteiger partial charge in [0.15, 0.2) is 0 Å². The minimum Gasteiger partial charge on any atom is -0.271 e. The van der Waals surface area contributed by atoms with E-state index in [1.54, 1.807) is 5.57 Å². The molecule has 0 heterocycles. The van der Waals surface area contributed by atoms with E-state index in [2.05, 4.69) is 11.5 Å². The lowest BCUT2D eigenvalue weighted by Gasteiger charge is -2.27. The van der Waals surface area contributed by atoms with E-state index in [9.17, 15) is 0 Å². The highest BCUT2D eigenvalue weighted by atomic mass is 15.2. The van der Waals surface area contributed by atoms with Gasteiger partial charge in [0.2, 0.25) is 0 Å². The number of allylic oxidation sites excluding steroid dienone is 1. The van der Waals surface area contributed by atoms with Gasteiger partial charge in [-0.05, 0) is 75.5 Å². The summed E-state index contributed by atoms with van der Waals surface area (Å²) in [6.45, 7) is 0. The molecule has 3 aliphatic rings. The molecule has 0 radical (unpaired) electrons. The summed E-state index contributed by atoms with van der Waals surface area (Å²) in [5, 5.41) is 0. The fourth-order valence-corrected chi connectivity index (χ4v) is 4.65. The summed E-state index contributed by atoms with van der Waals surface area (Å²) in [5.74, 6) is 8.85. The van der Waals surface area contributed by atoms with Crippen molar-refractivity contribution in [3.05, 3.63) is 11.6 Å². The molecule has 3 N–H and O–H groups in total. The Morgan fingerprint density at radius 1 is 1.28 bits per heavy atom. The molecule has 4 atom stereocenters. The van der Waals surface area contributed by atoms with Crippen LogP contribution >= 0.6 is 0 Å². The molecule has 0 aromatic heterocycles. The van der Waals surface area contributed by atoms with E-state index in [-0.39, 0.29) is 0 Å². The Hall–Kier alpha value is -0.340. The van der Waals surface area contributed by atoms with E-state index in [0.717, 1.165) is 17.8 Å². The lowest BCUT2D eigenvalue weighted by molar-refractivity contribution is 0.276. The average Bonchev–Trinajstić information content (AvgIpc) is 3.01. The molecule has 2 saturated carbocycles. The van der Waals surface area contributed by atoms with Crippen LogP contribution in [0.4, 0.5) is 0 Å². The summed E-state index contributed by atoms with van der Waals surface area (Å²) >= 11 is 0. The van der Waals surface area contributed by atoms with Crippen molar-refractivity contribution in [2.75, 3.05) is 0 Å². The predicted molar refractivity (Wildman–Crippen MR) is 75.8 cm³/mol. The second-order valence-electron chi connectivity index (χ2n) is 6.85. The fraction of sp³-hybridized carbons (Fsp3) is 0.875. The molecule has 0 aromatic rings. The van der Waals surface area contributed by atoms with Gasteiger partial charge in [0.1, 0.15) is 0 Å². The van der Waals surface area contributed by atoms with Gasteiger partial charge in [-0.3, -0.25) is 11.3 Å². The molecule has 0 aliphatic heterocycles. The Balaban J connectivity index is 1.51. The third-order valence-corrected chi connectivity index (χ3v) is 5.60. The lowest BCUT2D eigenvalue weighted by Crippen LogP contribution is -2.37. The minimum absolute atomic E-state index is 0.527. The van der Waals surface area contributed by atoms with Crippen LogP contribution in [0.2, 0.25) is 0 Å². The lowest BCUT2D eigenvalue weighted by atomic mass is 9.82. The second-order valence-corrected chi connectivity index (χ2v) is 6.85. The standard InChI is InChI=1S/C16H28N2/c17-18-16(10-12-4-2-1-3-5-12)11-15-9-13-6-7-14(15)8-13/h4,13-16,18H,1-3,5-11,17H2. The van der Waals surface area contributed by atoms with Gasteiger partial charge in [-0.1, -0.05) is 18.1 Å². The Bertz CT molecular complexity index is 310. The Labute approximate surface area is 111 Å². The first-order valence-electron chi connectivity index (χ1n) is 7.99. The van der Waals surface area contributed by atoms with Crippen LogP contribution in [0.5, 0.6) is 0 Å². The Kier molecular flexibility index (Phi) is 4.05. The van der Waals surface area contributed by atoms with E-state index in [1.807, 2.05) is 0 Å². The predicted octanol–water partition coefficient (Wildman–Crippen LogP) is 3.54. The molecule has 2 nitrogen and oxygen atoms in total. The molecule has 0 amide bonds. The molecule has 4 unspecified atom stereocenters. The highest BCUT2D eigenvalue weighted by molar-refractivity contribution is 5.07. The minimum atomic E-state index is 0.527. The van der Waals surface area contributed by atoms with Gasteiger partial charge in [0, 0.05) is 6.04 Å². The molecule has 102 valence electrons. The smallest absolute Gasteiger partial charge is 0.0250 e. The zero-order valence-corrected chi connectivity index (χ0v) is 11.5. The highest BCUT2D eigenvalue weighted by Crippen LogP contribution is 2.50. The van der Waals surface area contributed by atoms with Gasteiger partial charge in [0.25, 0.3) is 0 Å². The number of fused-ring (bicyclic) bond motifs is 2. The van der Waals surface area contributed by atoms with Crippen molar-refractivity contribution in [1.82, 2.24) is 5.43 Å². The van der Waals surface area contributed by atoms with Crippen molar-refractivity contribution < 1.29 is 0 Å². The van der Waals surface area contributed by atoms with Crippen LogP contribution in [0.3, 0.4) is 0 Å². The van der Waals surface area contributed by atoms with E-state index in [0.29, 0.717) is 6.04 Å². The van der Waals surface area contributed by atoms with Crippen LogP contribution in [0.15, 0.2) is 11.6 Å². The third-order valence-electron chi connectivity index (χ3n) is 5.60. The van der Waals surface area contributed by atoms with Gasteiger partial charge < -0.3 is 0 Å². The van der Waals surface area contributed by atoms with E-state index < -0.39 is 0 Å². The van der Waals surface area contributed by atoms with Gasteiger partial charge >= 0.3 is 0 Å². The summed E-state index contributed by atoms with van der Waals surface area (Å²) in [5.41, 5.74) is 4.75. The maximum atomic E-state index is 5.79. The van der Waals surface area contributed by atoms with Crippen LogP contribution in [0.1, 0.15) is 64.2 Å². The van der Waals surface area contributed by atoms with Crippen molar-refractivity contribution in [1.29, 1.82) is 0 Å².